The summed E-state index contributed by atoms with van der Waals surface area (Å²) in [6.07, 6.45) is 8.13. The number of amides is 1. The maximum atomic E-state index is 13.6. The first-order valence-corrected chi connectivity index (χ1v) is 13.0. The third-order valence-electron chi connectivity index (χ3n) is 6.71. The molecule has 3 saturated heterocycles. The lowest BCUT2D eigenvalue weighted by atomic mass is 10.1. The SMILES string of the molecule is O=C([C@H](Sc1nnc(N2CCCC2)n1C[C@@H]1CCCO1)c1ccccc1)N1CCCCC1. The highest BCUT2D eigenvalue weighted by molar-refractivity contribution is 8.00. The molecule has 0 bridgehead atoms. The molecule has 8 heteroatoms. The third kappa shape index (κ3) is 4.81. The van der Waals surface area contributed by atoms with Gasteiger partial charge in [-0.2, -0.15) is 0 Å². The molecule has 2 atom stereocenters. The monoisotopic (exact) mass is 455 g/mol. The Morgan fingerprint density at radius 1 is 1.00 bits per heavy atom. The Bertz CT molecular complexity index is 887. The van der Waals surface area contributed by atoms with Gasteiger partial charge in [0.05, 0.1) is 12.6 Å². The molecule has 0 spiro atoms. The number of ether oxygens (including phenoxy) is 1. The summed E-state index contributed by atoms with van der Waals surface area (Å²) in [5, 5.41) is 9.71. The Kier molecular flexibility index (Phi) is 6.97. The largest absolute Gasteiger partial charge is 0.376 e. The van der Waals surface area contributed by atoms with Gasteiger partial charge >= 0.3 is 0 Å². The van der Waals surface area contributed by atoms with Crippen LogP contribution in [0.5, 0.6) is 0 Å². The summed E-state index contributed by atoms with van der Waals surface area (Å²) in [6, 6.07) is 10.1. The number of carbonyl (C=O) groups is 1. The van der Waals surface area contributed by atoms with E-state index in [2.05, 4.69) is 31.8 Å². The van der Waals surface area contributed by atoms with Gasteiger partial charge in [-0.15, -0.1) is 10.2 Å². The Labute approximate surface area is 194 Å². The molecule has 1 aromatic carbocycles. The van der Waals surface area contributed by atoms with Crippen LogP contribution in [-0.4, -0.2) is 64.5 Å². The molecule has 4 heterocycles. The number of likely N-dealkylation sites (tertiary alicyclic amines) is 1. The maximum Gasteiger partial charge on any atom is 0.240 e. The number of rotatable bonds is 7. The van der Waals surface area contributed by atoms with Crippen LogP contribution >= 0.6 is 11.8 Å². The molecule has 0 N–H and O–H groups in total. The number of piperidine rings is 1. The number of hydrogen-bond acceptors (Lipinski definition) is 6. The highest BCUT2D eigenvalue weighted by Crippen LogP contribution is 2.38. The molecular weight excluding hydrogens is 422 g/mol. The van der Waals surface area contributed by atoms with Gasteiger partial charge in [-0.05, 0) is 50.5 Å². The summed E-state index contributed by atoms with van der Waals surface area (Å²) in [5.74, 6) is 1.12. The molecule has 1 amide bonds. The van der Waals surface area contributed by atoms with Crippen molar-refractivity contribution in [3.05, 3.63) is 35.9 Å². The lowest BCUT2D eigenvalue weighted by Gasteiger charge is -2.30. The normalized spacial score (nSPS) is 22.4. The highest BCUT2D eigenvalue weighted by Gasteiger charge is 2.32. The Morgan fingerprint density at radius 2 is 1.75 bits per heavy atom. The lowest BCUT2D eigenvalue weighted by Crippen LogP contribution is -2.38. The van der Waals surface area contributed by atoms with Gasteiger partial charge in [0.15, 0.2) is 5.16 Å². The van der Waals surface area contributed by atoms with Crippen LogP contribution in [0.3, 0.4) is 0 Å². The zero-order chi connectivity index (χ0) is 21.8. The van der Waals surface area contributed by atoms with Gasteiger partial charge in [-0.1, -0.05) is 42.1 Å². The van der Waals surface area contributed by atoms with Crippen molar-refractivity contribution >= 4 is 23.6 Å². The number of carbonyl (C=O) groups excluding carboxylic acids is 1. The van der Waals surface area contributed by atoms with Crippen LogP contribution in [0.2, 0.25) is 0 Å². The van der Waals surface area contributed by atoms with E-state index < -0.39 is 0 Å². The van der Waals surface area contributed by atoms with E-state index in [9.17, 15) is 4.79 Å². The van der Waals surface area contributed by atoms with E-state index in [1.807, 2.05) is 23.1 Å². The molecule has 3 fully saturated rings. The predicted molar refractivity (Wildman–Crippen MR) is 126 cm³/mol. The predicted octanol–water partition coefficient (Wildman–Crippen LogP) is 3.90. The van der Waals surface area contributed by atoms with E-state index in [0.717, 1.165) is 81.7 Å². The topological polar surface area (TPSA) is 63.5 Å². The number of aromatic nitrogens is 3. The van der Waals surface area contributed by atoms with Crippen molar-refractivity contribution in [2.24, 2.45) is 0 Å². The van der Waals surface area contributed by atoms with Crippen LogP contribution in [0.15, 0.2) is 35.5 Å². The zero-order valence-corrected chi connectivity index (χ0v) is 19.5. The number of hydrogen-bond donors (Lipinski definition) is 0. The molecule has 172 valence electrons. The fourth-order valence-electron chi connectivity index (χ4n) is 4.95. The van der Waals surface area contributed by atoms with Gasteiger partial charge in [0.25, 0.3) is 0 Å². The zero-order valence-electron chi connectivity index (χ0n) is 18.7. The summed E-state index contributed by atoms with van der Waals surface area (Å²) in [5.41, 5.74) is 1.03. The van der Waals surface area contributed by atoms with Gasteiger partial charge in [0.1, 0.15) is 5.25 Å². The van der Waals surface area contributed by atoms with Crippen molar-refractivity contribution in [3.63, 3.8) is 0 Å². The summed E-state index contributed by atoms with van der Waals surface area (Å²) in [4.78, 5) is 18.0. The molecule has 7 nitrogen and oxygen atoms in total. The van der Waals surface area contributed by atoms with Crippen molar-refractivity contribution < 1.29 is 9.53 Å². The van der Waals surface area contributed by atoms with Crippen molar-refractivity contribution in [1.82, 2.24) is 19.7 Å². The van der Waals surface area contributed by atoms with E-state index in [0.29, 0.717) is 0 Å². The summed E-state index contributed by atoms with van der Waals surface area (Å²) in [6.45, 7) is 5.32. The van der Waals surface area contributed by atoms with Crippen LogP contribution in [0.1, 0.15) is 55.8 Å². The molecule has 3 aliphatic rings. The lowest BCUT2D eigenvalue weighted by molar-refractivity contribution is -0.131. The number of thioether (sulfide) groups is 1. The van der Waals surface area contributed by atoms with Gasteiger partial charge in [0.2, 0.25) is 11.9 Å². The Balaban J connectivity index is 1.44. The molecule has 2 aromatic rings. The van der Waals surface area contributed by atoms with Crippen LogP contribution in [0, 0.1) is 0 Å². The second kappa shape index (κ2) is 10.3. The van der Waals surface area contributed by atoms with Crippen LogP contribution < -0.4 is 4.90 Å². The third-order valence-corrected chi connectivity index (χ3v) is 7.94. The number of nitrogens with zero attached hydrogens (tertiary/aromatic N) is 5. The Hall–Kier alpha value is -2.06. The number of benzene rings is 1. The quantitative estimate of drug-likeness (QED) is 0.590. The number of anilines is 1. The summed E-state index contributed by atoms with van der Waals surface area (Å²) >= 11 is 1.55. The maximum absolute atomic E-state index is 13.6. The fourth-order valence-corrected chi connectivity index (χ4v) is 6.07. The van der Waals surface area contributed by atoms with Crippen molar-refractivity contribution in [3.8, 4) is 0 Å². The minimum Gasteiger partial charge on any atom is -0.376 e. The summed E-state index contributed by atoms with van der Waals surface area (Å²) < 4.78 is 8.17. The van der Waals surface area contributed by atoms with Crippen molar-refractivity contribution in [2.45, 2.75) is 68.0 Å². The first-order valence-electron chi connectivity index (χ1n) is 12.1. The molecule has 0 radical (unpaired) electrons. The smallest absolute Gasteiger partial charge is 0.240 e. The molecule has 1 aromatic heterocycles. The highest BCUT2D eigenvalue weighted by atomic mass is 32.2. The fraction of sp³-hybridized carbons (Fsp3) is 0.625. The van der Waals surface area contributed by atoms with Crippen molar-refractivity contribution in [1.29, 1.82) is 0 Å². The molecule has 5 rings (SSSR count). The van der Waals surface area contributed by atoms with Crippen molar-refractivity contribution in [2.75, 3.05) is 37.7 Å². The van der Waals surface area contributed by atoms with Gasteiger partial charge in [-0.25, -0.2) is 0 Å². The molecule has 0 saturated carbocycles. The van der Waals surface area contributed by atoms with Crippen LogP contribution in [-0.2, 0) is 16.1 Å². The average molecular weight is 456 g/mol. The minimum atomic E-state index is -0.312. The van der Waals surface area contributed by atoms with Gasteiger partial charge in [-0.3, -0.25) is 9.36 Å². The Morgan fingerprint density at radius 3 is 2.47 bits per heavy atom. The van der Waals surface area contributed by atoms with Crippen LogP contribution in [0.4, 0.5) is 5.95 Å². The molecular formula is C24H33N5O2S. The van der Waals surface area contributed by atoms with Gasteiger partial charge in [0, 0.05) is 32.8 Å². The van der Waals surface area contributed by atoms with E-state index in [1.165, 1.54) is 19.3 Å². The van der Waals surface area contributed by atoms with E-state index in [4.69, 9.17) is 4.74 Å². The van der Waals surface area contributed by atoms with Crippen LogP contribution in [0.25, 0.3) is 0 Å². The second-order valence-corrected chi connectivity index (χ2v) is 10.1. The molecule has 3 aliphatic heterocycles. The van der Waals surface area contributed by atoms with E-state index in [-0.39, 0.29) is 17.3 Å². The van der Waals surface area contributed by atoms with E-state index in [1.54, 1.807) is 11.8 Å². The average Bonchev–Trinajstić information content (AvgIpc) is 3.62. The standard InChI is InChI=1S/C24H33N5O2S/c30-22(27-13-5-2-6-14-27)21(19-10-3-1-4-11-19)32-24-26-25-23(28-15-7-8-16-28)29(24)18-20-12-9-17-31-20/h1,3-4,10-11,20-21H,2,5-9,12-18H2/t20-,21+/m0/s1. The van der Waals surface area contributed by atoms with E-state index >= 15 is 0 Å². The first-order chi connectivity index (χ1) is 15.8. The first kappa shape index (κ1) is 21.8. The minimum absolute atomic E-state index is 0.190. The molecule has 32 heavy (non-hydrogen) atoms. The second-order valence-electron chi connectivity index (χ2n) is 9.02. The molecule has 0 unspecified atom stereocenters. The summed E-state index contributed by atoms with van der Waals surface area (Å²) in [7, 11) is 0. The van der Waals surface area contributed by atoms with Gasteiger partial charge < -0.3 is 14.5 Å². The molecule has 0 aliphatic carbocycles.